The Labute approximate surface area is 95.8 Å². The van der Waals surface area contributed by atoms with Crippen molar-refractivity contribution in [2.45, 2.75) is 38.8 Å². The van der Waals surface area contributed by atoms with Gasteiger partial charge in [-0.1, -0.05) is 6.92 Å². The molecule has 1 heterocycles. The molecule has 0 aromatic carbocycles. The number of aromatic nitrogens is 1. The van der Waals surface area contributed by atoms with E-state index in [0.717, 1.165) is 6.42 Å². The second-order valence-corrected chi connectivity index (χ2v) is 4.01. The maximum Gasteiger partial charge on any atom is 0.141 e. The monoisotopic (exact) mass is 226 g/mol. The van der Waals surface area contributed by atoms with Crippen molar-refractivity contribution in [3.05, 3.63) is 29.8 Å². The highest BCUT2D eigenvalue weighted by Crippen LogP contribution is 2.29. The van der Waals surface area contributed by atoms with Gasteiger partial charge in [-0.05, 0) is 31.9 Å². The van der Waals surface area contributed by atoms with Crippen LogP contribution in [0.15, 0.2) is 18.5 Å². The normalized spacial score (nSPS) is 16.8. The van der Waals surface area contributed by atoms with E-state index >= 15 is 0 Å². The summed E-state index contributed by atoms with van der Waals surface area (Å²) >= 11 is 0. The average molecular weight is 226 g/mol. The number of hydrogen-bond donors (Lipinski definition) is 1. The Morgan fingerprint density at radius 1 is 1.50 bits per heavy atom. The molecular weight excluding hydrogens is 207 g/mol. The highest BCUT2D eigenvalue weighted by Gasteiger charge is 2.31. The second kappa shape index (κ2) is 5.37. The maximum absolute atomic E-state index is 13.0. The number of hydrogen-bond acceptors (Lipinski definition) is 3. The summed E-state index contributed by atoms with van der Waals surface area (Å²) in [6, 6.07) is 1.03. The third kappa shape index (κ3) is 2.77. The largest absolute Gasteiger partial charge is 0.374 e. The molecule has 1 aromatic rings. The van der Waals surface area contributed by atoms with Crippen molar-refractivity contribution >= 4 is 0 Å². The highest BCUT2D eigenvalue weighted by atomic mass is 19.1. The van der Waals surface area contributed by atoms with E-state index in [-0.39, 0.29) is 11.9 Å². The van der Waals surface area contributed by atoms with E-state index < -0.39 is 5.60 Å². The number of nitrogens with two attached hydrogens (primary N) is 1. The van der Waals surface area contributed by atoms with Gasteiger partial charge in [0.05, 0.1) is 17.8 Å². The van der Waals surface area contributed by atoms with Crippen LogP contribution < -0.4 is 5.73 Å². The number of pyridine rings is 1. The molecule has 0 amide bonds. The molecule has 16 heavy (non-hydrogen) atoms. The number of rotatable bonds is 5. The molecule has 3 nitrogen and oxygen atoms in total. The molecule has 0 fully saturated rings. The van der Waals surface area contributed by atoms with Crippen LogP contribution in [-0.2, 0) is 4.74 Å². The van der Waals surface area contributed by atoms with Gasteiger partial charge in [-0.25, -0.2) is 4.39 Å². The van der Waals surface area contributed by atoms with Crippen molar-refractivity contribution in [2.75, 3.05) is 6.61 Å². The molecule has 0 saturated carbocycles. The van der Waals surface area contributed by atoms with Gasteiger partial charge < -0.3 is 10.5 Å². The molecule has 1 rings (SSSR count). The summed E-state index contributed by atoms with van der Waals surface area (Å²) in [6.45, 7) is 6.44. The summed E-state index contributed by atoms with van der Waals surface area (Å²) in [5.74, 6) is -0.372. The molecule has 2 N–H and O–H groups in total. The van der Waals surface area contributed by atoms with Gasteiger partial charge in [0.25, 0.3) is 0 Å². The Morgan fingerprint density at radius 3 is 2.69 bits per heavy atom. The molecule has 2 unspecified atom stereocenters. The summed E-state index contributed by atoms with van der Waals surface area (Å²) in [4.78, 5) is 3.80. The topological polar surface area (TPSA) is 48.1 Å². The van der Waals surface area contributed by atoms with Crippen molar-refractivity contribution < 1.29 is 9.13 Å². The van der Waals surface area contributed by atoms with E-state index in [9.17, 15) is 4.39 Å². The van der Waals surface area contributed by atoms with E-state index in [4.69, 9.17) is 10.5 Å². The van der Waals surface area contributed by atoms with E-state index in [1.54, 1.807) is 6.20 Å². The Balaban J connectivity index is 2.94. The van der Waals surface area contributed by atoms with Crippen LogP contribution in [-0.4, -0.2) is 17.2 Å². The van der Waals surface area contributed by atoms with Crippen LogP contribution in [0.2, 0.25) is 0 Å². The number of nitrogens with zero attached hydrogens (tertiary/aromatic N) is 1. The standard InChI is InChI=1S/C12H19FN2O/c1-4-12(3,16-5-2)11(14)9-6-10(13)8-15-7-9/h6-8,11H,4-5,14H2,1-3H3. The van der Waals surface area contributed by atoms with Crippen LogP contribution in [0.25, 0.3) is 0 Å². The van der Waals surface area contributed by atoms with E-state index in [1.807, 2.05) is 20.8 Å². The van der Waals surface area contributed by atoms with Gasteiger partial charge in [0.15, 0.2) is 0 Å². The first-order valence-electron chi connectivity index (χ1n) is 5.53. The average Bonchev–Trinajstić information content (AvgIpc) is 2.28. The molecule has 0 saturated heterocycles. The summed E-state index contributed by atoms with van der Waals surface area (Å²) in [5, 5.41) is 0. The Kier molecular flexibility index (Phi) is 4.38. The Hall–Kier alpha value is -1.00. The van der Waals surface area contributed by atoms with Gasteiger partial charge >= 0.3 is 0 Å². The summed E-state index contributed by atoms with van der Waals surface area (Å²) < 4.78 is 18.7. The molecule has 0 aliphatic carbocycles. The molecule has 0 spiro atoms. The molecule has 0 bridgehead atoms. The minimum Gasteiger partial charge on any atom is -0.374 e. The van der Waals surface area contributed by atoms with Crippen molar-refractivity contribution in [1.29, 1.82) is 0 Å². The van der Waals surface area contributed by atoms with E-state index in [2.05, 4.69) is 4.98 Å². The van der Waals surface area contributed by atoms with Gasteiger partial charge in [-0.3, -0.25) is 4.98 Å². The fourth-order valence-electron chi connectivity index (χ4n) is 1.69. The van der Waals surface area contributed by atoms with Crippen LogP contribution >= 0.6 is 0 Å². The fourth-order valence-corrected chi connectivity index (χ4v) is 1.69. The summed E-state index contributed by atoms with van der Waals surface area (Å²) in [5.41, 5.74) is 6.29. The number of ether oxygens (including phenoxy) is 1. The Morgan fingerprint density at radius 2 is 2.19 bits per heavy atom. The van der Waals surface area contributed by atoms with Crippen molar-refractivity contribution in [1.82, 2.24) is 4.98 Å². The van der Waals surface area contributed by atoms with Crippen molar-refractivity contribution in [3.63, 3.8) is 0 Å². The molecule has 0 radical (unpaired) electrons. The second-order valence-electron chi connectivity index (χ2n) is 4.01. The van der Waals surface area contributed by atoms with Gasteiger partial charge in [-0.2, -0.15) is 0 Å². The quantitative estimate of drug-likeness (QED) is 0.838. The smallest absolute Gasteiger partial charge is 0.141 e. The van der Waals surface area contributed by atoms with Crippen LogP contribution in [0.4, 0.5) is 4.39 Å². The van der Waals surface area contributed by atoms with Gasteiger partial charge in [0.2, 0.25) is 0 Å². The third-order valence-corrected chi connectivity index (χ3v) is 2.92. The molecule has 0 aliphatic rings. The van der Waals surface area contributed by atoms with Gasteiger partial charge in [0, 0.05) is 12.8 Å². The van der Waals surface area contributed by atoms with Crippen LogP contribution in [0.1, 0.15) is 38.8 Å². The predicted octanol–water partition coefficient (Wildman–Crippen LogP) is 2.43. The molecule has 0 aliphatic heterocycles. The molecule has 4 heteroatoms. The fraction of sp³-hybridized carbons (Fsp3) is 0.583. The Bertz CT molecular complexity index is 346. The minimum absolute atomic E-state index is 0.372. The summed E-state index contributed by atoms with van der Waals surface area (Å²) in [7, 11) is 0. The maximum atomic E-state index is 13.0. The lowest BCUT2D eigenvalue weighted by Gasteiger charge is -2.34. The molecule has 1 aromatic heterocycles. The van der Waals surface area contributed by atoms with Gasteiger partial charge in [-0.15, -0.1) is 0 Å². The predicted molar refractivity (Wildman–Crippen MR) is 61.4 cm³/mol. The van der Waals surface area contributed by atoms with E-state index in [1.165, 1.54) is 12.3 Å². The SMILES string of the molecule is CCOC(C)(CC)C(N)c1cncc(F)c1. The summed E-state index contributed by atoms with van der Waals surface area (Å²) in [6.07, 6.45) is 3.51. The van der Waals surface area contributed by atoms with Crippen molar-refractivity contribution in [3.8, 4) is 0 Å². The van der Waals surface area contributed by atoms with E-state index in [0.29, 0.717) is 12.2 Å². The molecular formula is C12H19FN2O. The molecule has 90 valence electrons. The zero-order chi connectivity index (χ0) is 12.2. The van der Waals surface area contributed by atoms with Crippen LogP contribution in [0, 0.1) is 5.82 Å². The highest BCUT2D eigenvalue weighted by molar-refractivity contribution is 5.18. The first-order chi connectivity index (χ1) is 7.53. The zero-order valence-corrected chi connectivity index (χ0v) is 10.0. The first kappa shape index (κ1) is 13.1. The van der Waals surface area contributed by atoms with Crippen LogP contribution in [0.3, 0.4) is 0 Å². The van der Waals surface area contributed by atoms with Crippen LogP contribution in [0.5, 0.6) is 0 Å². The lowest BCUT2D eigenvalue weighted by molar-refractivity contribution is -0.0473. The third-order valence-electron chi connectivity index (χ3n) is 2.92. The lowest BCUT2D eigenvalue weighted by atomic mass is 9.89. The molecule has 2 atom stereocenters. The van der Waals surface area contributed by atoms with Gasteiger partial charge in [0.1, 0.15) is 5.82 Å². The first-order valence-corrected chi connectivity index (χ1v) is 5.53. The lowest BCUT2D eigenvalue weighted by Crippen LogP contribution is -2.40. The number of halogens is 1. The van der Waals surface area contributed by atoms with Crippen molar-refractivity contribution in [2.24, 2.45) is 5.73 Å². The minimum atomic E-state index is -0.482. The zero-order valence-electron chi connectivity index (χ0n) is 10.0.